The first-order valence-electron chi connectivity index (χ1n) is 11.2. The van der Waals surface area contributed by atoms with Crippen LogP contribution in [0.4, 0.5) is 0 Å². The lowest BCUT2D eigenvalue weighted by atomic mass is 10.1. The van der Waals surface area contributed by atoms with E-state index in [2.05, 4.69) is 19.1 Å². The molecular weight excluding hydrogens is 340 g/mol. The molecule has 0 bridgehead atoms. The molecule has 0 heterocycles. The highest BCUT2D eigenvalue weighted by atomic mass is 16.5. The van der Waals surface area contributed by atoms with Crippen LogP contribution >= 0.6 is 0 Å². The van der Waals surface area contributed by atoms with Gasteiger partial charge in [0.25, 0.3) is 0 Å². The van der Waals surface area contributed by atoms with E-state index in [0.29, 0.717) is 38.9 Å². The van der Waals surface area contributed by atoms with Gasteiger partial charge in [0.1, 0.15) is 0 Å². The third kappa shape index (κ3) is 20.8. The summed E-state index contributed by atoms with van der Waals surface area (Å²) in [6.45, 7) is 5.16. The molecule has 158 valence electrons. The molecule has 0 aromatic carbocycles. The summed E-state index contributed by atoms with van der Waals surface area (Å²) in [4.78, 5) is 22.9. The van der Waals surface area contributed by atoms with E-state index in [1.165, 1.54) is 44.9 Å². The number of hydrogen-bond acceptors (Lipinski definition) is 4. The zero-order valence-corrected chi connectivity index (χ0v) is 17.8. The average Bonchev–Trinajstić information content (AvgIpc) is 2.67. The van der Waals surface area contributed by atoms with Crippen LogP contribution < -0.4 is 0 Å². The van der Waals surface area contributed by atoms with Crippen LogP contribution in [0.2, 0.25) is 0 Å². The van der Waals surface area contributed by atoms with Gasteiger partial charge in [-0.2, -0.15) is 0 Å². The quantitative estimate of drug-likeness (QED) is 0.145. The Bertz CT molecular complexity index is 377. The molecule has 0 aliphatic rings. The summed E-state index contributed by atoms with van der Waals surface area (Å²) in [6.07, 6.45) is 19.8. The zero-order chi connectivity index (χ0) is 20.0. The maximum Gasteiger partial charge on any atom is 0.305 e. The van der Waals surface area contributed by atoms with Crippen molar-refractivity contribution in [2.75, 3.05) is 13.2 Å². The molecule has 0 aromatic heterocycles. The smallest absolute Gasteiger partial charge is 0.305 e. The van der Waals surface area contributed by atoms with Crippen LogP contribution in [-0.2, 0) is 19.1 Å². The van der Waals surface area contributed by atoms with Gasteiger partial charge < -0.3 is 9.47 Å². The van der Waals surface area contributed by atoms with E-state index >= 15 is 0 Å². The van der Waals surface area contributed by atoms with E-state index in [9.17, 15) is 9.59 Å². The second-order valence-electron chi connectivity index (χ2n) is 7.14. The molecule has 0 amide bonds. The van der Waals surface area contributed by atoms with Crippen molar-refractivity contribution in [2.45, 2.75) is 110 Å². The third-order valence-electron chi connectivity index (χ3n) is 4.41. The summed E-state index contributed by atoms with van der Waals surface area (Å²) in [5, 5.41) is 0. The molecule has 0 unspecified atom stereocenters. The van der Waals surface area contributed by atoms with E-state index in [-0.39, 0.29) is 11.9 Å². The average molecular weight is 383 g/mol. The highest BCUT2D eigenvalue weighted by Crippen LogP contribution is 2.10. The Kier molecular flexibility index (Phi) is 20.0. The number of carbonyl (C=O) groups excluding carboxylic acids is 2. The fourth-order valence-corrected chi connectivity index (χ4v) is 2.79. The summed E-state index contributed by atoms with van der Waals surface area (Å²) in [6, 6.07) is 0. The molecule has 0 aliphatic carbocycles. The molecule has 0 N–H and O–H groups in total. The Morgan fingerprint density at radius 2 is 1.15 bits per heavy atom. The van der Waals surface area contributed by atoms with Gasteiger partial charge in [0.2, 0.25) is 0 Å². The molecule has 4 nitrogen and oxygen atoms in total. The first-order valence-corrected chi connectivity index (χ1v) is 11.2. The zero-order valence-electron chi connectivity index (χ0n) is 17.8. The van der Waals surface area contributed by atoms with Crippen LogP contribution in [0, 0.1) is 0 Å². The molecule has 0 aliphatic heterocycles. The molecule has 0 saturated heterocycles. The van der Waals surface area contributed by atoms with Crippen molar-refractivity contribution in [1.82, 2.24) is 0 Å². The molecule has 0 fully saturated rings. The fourth-order valence-electron chi connectivity index (χ4n) is 2.79. The second kappa shape index (κ2) is 21.0. The number of carbonyl (C=O) groups is 2. The first kappa shape index (κ1) is 25.7. The molecule has 0 aromatic rings. The summed E-state index contributed by atoms with van der Waals surface area (Å²) in [7, 11) is 0. The number of hydrogen-bond donors (Lipinski definition) is 0. The molecule has 0 spiro atoms. The SMILES string of the molecule is CC/C=C/CCCCCCCCCCOC(=O)CCCCC(=O)OCCC. The van der Waals surface area contributed by atoms with Gasteiger partial charge >= 0.3 is 11.9 Å². The van der Waals surface area contributed by atoms with Crippen molar-refractivity contribution in [3.8, 4) is 0 Å². The highest BCUT2D eigenvalue weighted by Gasteiger charge is 2.05. The number of allylic oxidation sites excluding steroid dienone is 2. The van der Waals surface area contributed by atoms with Crippen molar-refractivity contribution in [3.63, 3.8) is 0 Å². The van der Waals surface area contributed by atoms with Gasteiger partial charge in [-0.1, -0.05) is 64.5 Å². The lowest BCUT2D eigenvalue weighted by molar-refractivity contribution is -0.146. The van der Waals surface area contributed by atoms with Gasteiger partial charge in [-0.15, -0.1) is 0 Å². The van der Waals surface area contributed by atoms with E-state index in [1.807, 2.05) is 6.92 Å². The minimum Gasteiger partial charge on any atom is -0.466 e. The minimum atomic E-state index is -0.168. The van der Waals surface area contributed by atoms with Gasteiger partial charge in [-0.05, 0) is 44.9 Å². The topological polar surface area (TPSA) is 52.6 Å². The number of ether oxygens (including phenoxy) is 2. The fraction of sp³-hybridized carbons (Fsp3) is 0.826. The number of rotatable bonds is 19. The Balaban J connectivity index is 3.25. The Hall–Kier alpha value is -1.32. The van der Waals surface area contributed by atoms with Gasteiger partial charge in [-0.25, -0.2) is 0 Å². The van der Waals surface area contributed by atoms with Crippen LogP contribution in [0.3, 0.4) is 0 Å². The summed E-state index contributed by atoms with van der Waals surface area (Å²) >= 11 is 0. The predicted octanol–water partition coefficient (Wildman–Crippen LogP) is 6.52. The molecule has 0 rings (SSSR count). The van der Waals surface area contributed by atoms with E-state index in [4.69, 9.17) is 9.47 Å². The number of unbranched alkanes of at least 4 members (excludes halogenated alkanes) is 9. The third-order valence-corrected chi connectivity index (χ3v) is 4.41. The number of esters is 2. The normalized spacial score (nSPS) is 11.0. The van der Waals surface area contributed by atoms with Crippen molar-refractivity contribution < 1.29 is 19.1 Å². The van der Waals surface area contributed by atoms with E-state index in [1.54, 1.807) is 0 Å². The molecule has 27 heavy (non-hydrogen) atoms. The minimum absolute atomic E-state index is 0.144. The Morgan fingerprint density at radius 3 is 1.70 bits per heavy atom. The summed E-state index contributed by atoms with van der Waals surface area (Å²) < 4.78 is 10.2. The highest BCUT2D eigenvalue weighted by molar-refractivity contribution is 5.70. The van der Waals surface area contributed by atoms with Crippen LogP contribution in [0.1, 0.15) is 110 Å². The van der Waals surface area contributed by atoms with Crippen LogP contribution in [0.25, 0.3) is 0 Å². The van der Waals surface area contributed by atoms with Crippen LogP contribution in [0.15, 0.2) is 12.2 Å². The first-order chi connectivity index (χ1) is 13.2. The van der Waals surface area contributed by atoms with Gasteiger partial charge in [0.05, 0.1) is 13.2 Å². The van der Waals surface area contributed by atoms with E-state index in [0.717, 1.165) is 25.7 Å². The lowest BCUT2D eigenvalue weighted by Crippen LogP contribution is -2.07. The predicted molar refractivity (Wildman–Crippen MR) is 112 cm³/mol. The molecular formula is C23H42O4. The monoisotopic (exact) mass is 382 g/mol. The van der Waals surface area contributed by atoms with Crippen molar-refractivity contribution in [2.24, 2.45) is 0 Å². The maximum absolute atomic E-state index is 11.6. The summed E-state index contributed by atoms with van der Waals surface area (Å²) in [5.74, 6) is -0.312. The van der Waals surface area contributed by atoms with Crippen molar-refractivity contribution >= 4 is 11.9 Å². The van der Waals surface area contributed by atoms with Gasteiger partial charge in [0.15, 0.2) is 0 Å². The van der Waals surface area contributed by atoms with Gasteiger partial charge in [-0.3, -0.25) is 9.59 Å². The van der Waals surface area contributed by atoms with Gasteiger partial charge in [0, 0.05) is 12.8 Å². The molecule has 4 heteroatoms. The van der Waals surface area contributed by atoms with Crippen LogP contribution in [0.5, 0.6) is 0 Å². The second-order valence-corrected chi connectivity index (χ2v) is 7.14. The van der Waals surface area contributed by atoms with E-state index < -0.39 is 0 Å². The largest absolute Gasteiger partial charge is 0.466 e. The summed E-state index contributed by atoms with van der Waals surface area (Å²) in [5.41, 5.74) is 0. The lowest BCUT2D eigenvalue weighted by Gasteiger charge is -2.05. The van der Waals surface area contributed by atoms with Crippen molar-refractivity contribution in [1.29, 1.82) is 0 Å². The standard InChI is InChI=1S/C23H42O4/c1-3-5-6-7-8-9-10-11-12-13-14-17-21-27-23(25)19-16-15-18-22(24)26-20-4-2/h5-6H,3-4,7-21H2,1-2H3/b6-5+. The van der Waals surface area contributed by atoms with Crippen molar-refractivity contribution in [3.05, 3.63) is 12.2 Å². The molecule has 0 radical (unpaired) electrons. The molecule has 0 saturated carbocycles. The van der Waals surface area contributed by atoms with Crippen LogP contribution in [-0.4, -0.2) is 25.2 Å². The Morgan fingerprint density at radius 1 is 0.630 bits per heavy atom. The maximum atomic E-state index is 11.6. The Labute approximate surface area is 167 Å². The molecule has 0 atom stereocenters.